The molecule has 24 heavy (non-hydrogen) atoms. The number of nitrogens with zero attached hydrogens (tertiary/aromatic N) is 4. The number of benzene rings is 1. The SMILES string of the molecule is O=[N+]([O-])c1cccnc1Sc1nnc(NCc2ccc(F)cc2)s1. The summed E-state index contributed by atoms with van der Waals surface area (Å²) in [7, 11) is 0. The van der Waals surface area contributed by atoms with E-state index in [0.29, 0.717) is 16.0 Å². The van der Waals surface area contributed by atoms with E-state index in [0.717, 1.165) is 17.3 Å². The minimum Gasteiger partial charge on any atom is -0.356 e. The molecule has 3 rings (SSSR count). The van der Waals surface area contributed by atoms with Gasteiger partial charge in [-0.15, -0.1) is 10.2 Å². The van der Waals surface area contributed by atoms with Crippen molar-refractivity contribution in [3.05, 3.63) is 64.1 Å². The number of nitrogens with one attached hydrogen (secondary N) is 1. The molecular formula is C14H10FN5O2S2. The molecule has 0 amide bonds. The van der Waals surface area contributed by atoms with Crippen molar-refractivity contribution in [2.24, 2.45) is 0 Å². The monoisotopic (exact) mass is 363 g/mol. The van der Waals surface area contributed by atoms with Crippen molar-refractivity contribution >= 4 is 33.9 Å². The van der Waals surface area contributed by atoms with Gasteiger partial charge in [-0.05, 0) is 35.5 Å². The highest BCUT2D eigenvalue weighted by atomic mass is 32.2. The first-order valence-electron chi connectivity index (χ1n) is 6.71. The Balaban J connectivity index is 1.65. The van der Waals surface area contributed by atoms with E-state index in [2.05, 4.69) is 20.5 Å². The van der Waals surface area contributed by atoms with E-state index in [1.54, 1.807) is 12.1 Å². The molecule has 0 aliphatic heterocycles. The predicted octanol–water partition coefficient (Wildman–Crippen LogP) is 3.74. The van der Waals surface area contributed by atoms with Crippen molar-refractivity contribution in [2.75, 3.05) is 5.32 Å². The molecule has 10 heteroatoms. The third-order valence-electron chi connectivity index (χ3n) is 2.90. The van der Waals surface area contributed by atoms with Crippen LogP contribution >= 0.6 is 23.1 Å². The van der Waals surface area contributed by atoms with E-state index in [1.165, 1.54) is 41.8 Å². The van der Waals surface area contributed by atoms with Crippen LogP contribution < -0.4 is 5.32 Å². The predicted molar refractivity (Wildman–Crippen MR) is 88.7 cm³/mol. The Kier molecular flexibility index (Phi) is 4.96. The molecule has 1 aromatic carbocycles. The maximum Gasteiger partial charge on any atom is 0.301 e. The van der Waals surface area contributed by atoms with Gasteiger partial charge < -0.3 is 5.32 Å². The molecule has 0 radical (unpaired) electrons. The summed E-state index contributed by atoms with van der Waals surface area (Å²) in [4.78, 5) is 14.5. The van der Waals surface area contributed by atoms with Gasteiger partial charge in [-0.25, -0.2) is 9.37 Å². The zero-order valence-corrected chi connectivity index (χ0v) is 13.7. The number of anilines is 1. The first-order valence-corrected chi connectivity index (χ1v) is 8.34. The minimum atomic E-state index is -0.482. The molecule has 0 atom stereocenters. The molecule has 2 heterocycles. The Hall–Kier alpha value is -2.59. The molecule has 0 spiro atoms. The van der Waals surface area contributed by atoms with Crippen molar-refractivity contribution in [3.63, 3.8) is 0 Å². The molecule has 0 aliphatic carbocycles. The lowest BCUT2D eigenvalue weighted by Crippen LogP contribution is -1.98. The van der Waals surface area contributed by atoms with Crippen molar-refractivity contribution in [3.8, 4) is 0 Å². The van der Waals surface area contributed by atoms with Gasteiger partial charge in [0.25, 0.3) is 0 Å². The van der Waals surface area contributed by atoms with Crippen LogP contribution in [-0.2, 0) is 6.54 Å². The molecule has 0 unspecified atom stereocenters. The molecule has 122 valence electrons. The van der Waals surface area contributed by atoms with Gasteiger partial charge >= 0.3 is 5.69 Å². The van der Waals surface area contributed by atoms with Crippen LogP contribution in [0.1, 0.15) is 5.56 Å². The average molecular weight is 363 g/mol. The van der Waals surface area contributed by atoms with Crippen LogP contribution in [0.4, 0.5) is 15.2 Å². The van der Waals surface area contributed by atoms with Crippen molar-refractivity contribution in [1.29, 1.82) is 0 Å². The van der Waals surface area contributed by atoms with Gasteiger partial charge in [-0.3, -0.25) is 10.1 Å². The van der Waals surface area contributed by atoms with Crippen LogP contribution in [0, 0.1) is 15.9 Å². The summed E-state index contributed by atoms with van der Waals surface area (Å²) in [6.45, 7) is 0.476. The van der Waals surface area contributed by atoms with Crippen LogP contribution in [-0.4, -0.2) is 20.1 Å². The summed E-state index contributed by atoms with van der Waals surface area (Å²) in [5.41, 5.74) is 0.833. The fraction of sp³-hybridized carbons (Fsp3) is 0.0714. The van der Waals surface area contributed by atoms with Gasteiger partial charge in [0.1, 0.15) is 5.82 Å². The maximum absolute atomic E-state index is 12.9. The first-order chi connectivity index (χ1) is 11.6. The standard InChI is InChI=1S/C14H10FN5O2S2/c15-10-5-3-9(4-6-10)8-17-13-18-19-14(24-13)23-12-11(20(21)22)2-1-7-16-12/h1-7H,8H2,(H,17,18). The molecule has 1 N–H and O–H groups in total. The zero-order valence-electron chi connectivity index (χ0n) is 12.0. The lowest BCUT2D eigenvalue weighted by molar-refractivity contribution is -0.388. The van der Waals surface area contributed by atoms with Gasteiger partial charge in [0.2, 0.25) is 5.13 Å². The largest absolute Gasteiger partial charge is 0.356 e. The van der Waals surface area contributed by atoms with Crippen LogP contribution in [0.2, 0.25) is 0 Å². The Morgan fingerprint density at radius 3 is 2.79 bits per heavy atom. The quantitative estimate of drug-likeness (QED) is 0.526. The molecule has 0 fully saturated rings. The molecule has 2 aromatic heterocycles. The molecule has 3 aromatic rings. The Bertz CT molecular complexity index is 856. The van der Waals surface area contributed by atoms with Crippen molar-refractivity contribution in [2.45, 2.75) is 15.9 Å². The van der Waals surface area contributed by atoms with E-state index >= 15 is 0 Å². The van der Waals surface area contributed by atoms with Crippen LogP contribution in [0.3, 0.4) is 0 Å². The smallest absolute Gasteiger partial charge is 0.301 e. The average Bonchev–Trinajstić information content (AvgIpc) is 3.02. The molecule has 0 bridgehead atoms. The van der Waals surface area contributed by atoms with Gasteiger partial charge in [0, 0.05) is 18.8 Å². The van der Waals surface area contributed by atoms with Gasteiger partial charge in [0.15, 0.2) is 9.37 Å². The molecule has 0 aliphatic rings. The van der Waals surface area contributed by atoms with E-state index in [4.69, 9.17) is 0 Å². The minimum absolute atomic E-state index is 0.0708. The second-order valence-electron chi connectivity index (χ2n) is 4.54. The number of halogens is 1. The first kappa shape index (κ1) is 16.3. The van der Waals surface area contributed by atoms with E-state index in [1.807, 2.05) is 0 Å². The van der Waals surface area contributed by atoms with Gasteiger partial charge in [-0.1, -0.05) is 23.5 Å². The second kappa shape index (κ2) is 7.32. The number of aromatic nitrogens is 3. The summed E-state index contributed by atoms with van der Waals surface area (Å²) in [6.07, 6.45) is 1.49. The van der Waals surface area contributed by atoms with Crippen molar-refractivity contribution in [1.82, 2.24) is 15.2 Å². The Morgan fingerprint density at radius 1 is 1.25 bits per heavy atom. The summed E-state index contributed by atoms with van der Waals surface area (Å²) >= 11 is 2.35. The van der Waals surface area contributed by atoms with E-state index < -0.39 is 4.92 Å². The van der Waals surface area contributed by atoms with Gasteiger partial charge in [-0.2, -0.15) is 0 Å². The number of hydrogen-bond donors (Lipinski definition) is 1. The summed E-state index contributed by atoms with van der Waals surface area (Å²) in [6, 6.07) is 9.03. The number of pyridine rings is 1. The fourth-order valence-corrected chi connectivity index (χ4v) is 3.51. The third kappa shape index (κ3) is 4.03. The molecule has 0 saturated carbocycles. The van der Waals surface area contributed by atoms with Crippen molar-refractivity contribution < 1.29 is 9.31 Å². The second-order valence-corrected chi connectivity index (χ2v) is 6.75. The van der Waals surface area contributed by atoms with Gasteiger partial charge in [0.05, 0.1) is 4.92 Å². The van der Waals surface area contributed by atoms with Crippen LogP contribution in [0.25, 0.3) is 0 Å². The summed E-state index contributed by atoms with van der Waals surface area (Å²) in [5.74, 6) is -0.287. The topological polar surface area (TPSA) is 93.8 Å². The zero-order chi connectivity index (χ0) is 16.9. The maximum atomic E-state index is 12.9. The third-order valence-corrected chi connectivity index (χ3v) is 4.83. The Labute approximate surface area is 144 Å². The van der Waals surface area contributed by atoms with E-state index in [-0.39, 0.29) is 16.5 Å². The lowest BCUT2D eigenvalue weighted by atomic mass is 10.2. The highest BCUT2D eigenvalue weighted by Gasteiger charge is 2.17. The molecule has 0 saturated heterocycles. The number of nitro groups is 1. The Morgan fingerprint density at radius 2 is 2.04 bits per heavy atom. The highest BCUT2D eigenvalue weighted by molar-refractivity contribution is 8.01. The molecular weight excluding hydrogens is 353 g/mol. The summed E-state index contributed by atoms with van der Waals surface area (Å²) in [5, 5.41) is 22.9. The normalized spacial score (nSPS) is 10.5. The van der Waals surface area contributed by atoms with Crippen LogP contribution in [0.5, 0.6) is 0 Å². The summed E-state index contributed by atoms with van der Waals surface area (Å²) < 4.78 is 13.4. The number of hydrogen-bond acceptors (Lipinski definition) is 8. The fourth-order valence-electron chi connectivity index (χ4n) is 1.79. The lowest BCUT2D eigenvalue weighted by Gasteiger charge is -2.01. The van der Waals surface area contributed by atoms with Crippen LogP contribution in [0.15, 0.2) is 52.0 Å². The number of rotatable bonds is 6. The van der Waals surface area contributed by atoms with E-state index in [9.17, 15) is 14.5 Å². The highest BCUT2D eigenvalue weighted by Crippen LogP contribution is 2.35. The molecule has 7 nitrogen and oxygen atoms in total.